The molecule has 0 aromatic heterocycles. The number of aryl methyl sites for hydroxylation is 4. The van der Waals surface area contributed by atoms with Crippen LogP contribution in [0, 0.1) is 39.5 Å². The van der Waals surface area contributed by atoms with E-state index in [1.54, 1.807) is 0 Å². The van der Waals surface area contributed by atoms with Gasteiger partial charge < -0.3 is 4.90 Å². The molecule has 2 atom stereocenters. The Morgan fingerprint density at radius 2 is 1.39 bits per heavy atom. The van der Waals surface area contributed by atoms with E-state index >= 15 is 0 Å². The van der Waals surface area contributed by atoms with Gasteiger partial charge in [0.05, 0.1) is 11.3 Å². The number of carbonyl (C=O) groups excluding carboxylic acids is 2. The maximum atomic E-state index is 13.8. The summed E-state index contributed by atoms with van der Waals surface area (Å²) in [6.45, 7) is 14.1. The molecule has 1 fully saturated rings. The number of hydrogen-bond acceptors (Lipinski definition) is 3. The fraction of sp³-hybridized carbons (Fsp3) is 0.407. The molecule has 1 saturated heterocycles. The molecule has 31 heavy (non-hydrogen) atoms. The molecule has 2 aliphatic rings. The summed E-state index contributed by atoms with van der Waals surface area (Å²) in [7, 11) is 0. The summed E-state index contributed by atoms with van der Waals surface area (Å²) in [4.78, 5) is 31.1. The van der Waals surface area contributed by atoms with Crippen LogP contribution in [0.5, 0.6) is 0 Å². The quantitative estimate of drug-likeness (QED) is 0.647. The minimum Gasteiger partial charge on any atom is -0.366 e. The molecule has 4 nitrogen and oxygen atoms in total. The molecule has 0 saturated carbocycles. The van der Waals surface area contributed by atoms with E-state index in [4.69, 9.17) is 0 Å². The zero-order chi connectivity index (χ0) is 22.4. The number of anilines is 1. The Bertz CT molecular complexity index is 1070. The van der Waals surface area contributed by atoms with Crippen LogP contribution < -0.4 is 4.90 Å². The van der Waals surface area contributed by atoms with Crippen LogP contribution in [0.3, 0.4) is 0 Å². The van der Waals surface area contributed by atoms with Gasteiger partial charge in [0, 0.05) is 13.1 Å². The van der Waals surface area contributed by atoms with Gasteiger partial charge in [0.2, 0.25) is 0 Å². The molecule has 0 spiro atoms. The van der Waals surface area contributed by atoms with Gasteiger partial charge in [-0.05, 0) is 85.9 Å². The Morgan fingerprint density at radius 3 is 1.97 bits per heavy atom. The Labute approximate surface area is 185 Å². The Hall–Kier alpha value is -2.88. The SMILES string of the molecule is Cc1cc(C)cc(N2C(=O)C(c3ccc(C)c(C)c3)=C(N3CC(C)CC(C)C3)C2=O)c1. The first-order chi connectivity index (χ1) is 14.7. The highest BCUT2D eigenvalue weighted by Crippen LogP contribution is 2.38. The number of hydrogen-bond donors (Lipinski definition) is 0. The Balaban J connectivity index is 1.87. The van der Waals surface area contributed by atoms with Gasteiger partial charge in [-0.25, -0.2) is 4.90 Å². The maximum absolute atomic E-state index is 13.8. The molecule has 0 bridgehead atoms. The van der Waals surface area contributed by atoms with Crippen molar-refractivity contribution in [2.24, 2.45) is 11.8 Å². The average Bonchev–Trinajstić information content (AvgIpc) is 2.92. The summed E-state index contributed by atoms with van der Waals surface area (Å²) in [5.74, 6) is 0.537. The van der Waals surface area contributed by atoms with Crippen molar-refractivity contribution in [3.05, 3.63) is 69.9 Å². The van der Waals surface area contributed by atoms with Crippen LogP contribution in [0.2, 0.25) is 0 Å². The van der Waals surface area contributed by atoms with Crippen LogP contribution in [0.4, 0.5) is 5.69 Å². The second-order valence-electron chi connectivity index (χ2n) is 9.67. The second-order valence-corrected chi connectivity index (χ2v) is 9.67. The van der Waals surface area contributed by atoms with E-state index in [0.717, 1.165) is 41.8 Å². The lowest BCUT2D eigenvalue weighted by atomic mass is 9.90. The van der Waals surface area contributed by atoms with E-state index < -0.39 is 0 Å². The van der Waals surface area contributed by atoms with E-state index in [1.807, 2.05) is 51.1 Å². The van der Waals surface area contributed by atoms with E-state index in [2.05, 4.69) is 31.7 Å². The third kappa shape index (κ3) is 3.91. The van der Waals surface area contributed by atoms with E-state index in [9.17, 15) is 9.59 Å². The van der Waals surface area contributed by atoms with Gasteiger partial charge >= 0.3 is 0 Å². The van der Waals surface area contributed by atoms with Crippen molar-refractivity contribution >= 4 is 23.1 Å². The number of likely N-dealkylation sites (tertiary alicyclic amines) is 1. The third-order valence-electron chi connectivity index (χ3n) is 6.50. The Kier molecular flexibility index (Phi) is 5.50. The van der Waals surface area contributed by atoms with Crippen molar-refractivity contribution in [2.75, 3.05) is 18.0 Å². The summed E-state index contributed by atoms with van der Waals surface area (Å²) in [5.41, 5.74) is 6.95. The van der Waals surface area contributed by atoms with E-state index in [-0.39, 0.29) is 11.8 Å². The molecule has 2 heterocycles. The van der Waals surface area contributed by atoms with Gasteiger partial charge in [-0.3, -0.25) is 9.59 Å². The normalized spacial score (nSPS) is 22.0. The van der Waals surface area contributed by atoms with Crippen molar-refractivity contribution in [1.29, 1.82) is 0 Å². The summed E-state index contributed by atoms with van der Waals surface area (Å²) in [5, 5.41) is 0. The maximum Gasteiger partial charge on any atom is 0.282 e. The topological polar surface area (TPSA) is 40.6 Å². The lowest BCUT2D eigenvalue weighted by Gasteiger charge is -2.37. The molecule has 2 aliphatic heterocycles. The minimum atomic E-state index is -0.223. The van der Waals surface area contributed by atoms with Crippen molar-refractivity contribution in [2.45, 2.75) is 48.0 Å². The zero-order valence-corrected chi connectivity index (χ0v) is 19.5. The lowest BCUT2D eigenvalue weighted by molar-refractivity contribution is -0.120. The van der Waals surface area contributed by atoms with Crippen LogP contribution in [0.15, 0.2) is 42.1 Å². The second kappa shape index (κ2) is 7.99. The highest BCUT2D eigenvalue weighted by Gasteiger charge is 2.43. The lowest BCUT2D eigenvalue weighted by Crippen LogP contribution is -2.42. The predicted molar refractivity (Wildman–Crippen MR) is 126 cm³/mol. The van der Waals surface area contributed by atoms with Gasteiger partial charge in [0.15, 0.2) is 0 Å². The van der Waals surface area contributed by atoms with Crippen molar-refractivity contribution in [3.63, 3.8) is 0 Å². The first-order valence-electron chi connectivity index (χ1n) is 11.2. The van der Waals surface area contributed by atoms with Crippen LogP contribution in [0.25, 0.3) is 5.57 Å². The molecular formula is C27H32N2O2. The number of benzene rings is 2. The number of piperidine rings is 1. The summed E-state index contributed by atoms with van der Waals surface area (Å²) >= 11 is 0. The first kappa shape index (κ1) is 21.4. The highest BCUT2D eigenvalue weighted by atomic mass is 16.2. The van der Waals surface area contributed by atoms with Crippen molar-refractivity contribution < 1.29 is 9.59 Å². The van der Waals surface area contributed by atoms with Gasteiger partial charge in [0.25, 0.3) is 11.8 Å². The third-order valence-corrected chi connectivity index (χ3v) is 6.50. The van der Waals surface area contributed by atoms with Crippen LogP contribution in [0.1, 0.15) is 48.1 Å². The zero-order valence-electron chi connectivity index (χ0n) is 19.5. The number of amides is 2. The number of carbonyl (C=O) groups is 2. The number of imide groups is 1. The van der Waals surface area contributed by atoms with Crippen molar-refractivity contribution in [1.82, 2.24) is 4.90 Å². The molecule has 0 N–H and O–H groups in total. The molecule has 4 rings (SSSR count). The fourth-order valence-electron chi connectivity index (χ4n) is 5.13. The molecule has 162 valence electrons. The first-order valence-corrected chi connectivity index (χ1v) is 11.2. The van der Waals surface area contributed by atoms with Crippen molar-refractivity contribution in [3.8, 4) is 0 Å². The minimum absolute atomic E-state index is 0.204. The molecule has 2 unspecified atom stereocenters. The fourth-order valence-corrected chi connectivity index (χ4v) is 5.13. The number of nitrogens with zero attached hydrogens (tertiary/aromatic N) is 2. The monoisotopic (exact) mass is 416 g/mol. The highest BCUT2D eigenvalue weighted by molar-refractivity contribution is 6.45. The largest absolute Gasteiger partial charge is 0.366 e. The molecular weight excluding hydrogens is 384 g/mol. The Morgan fingerprint density at radius 1 is 0.774 bits per heavy atom. The van der Waals surface area contributed by atoms with Gasteiger partial charge in [0.1, 0.15) is 5.70 Å². The van der Waals surface area contributed by atoms with E-state index in [0.29, 0.717) is 28.8 Å². The predicted octanol–water partition coefficient (Wildman–Crippen LogP) is 5.18. The molecule has 2 aromatic rings. The summed E-state index contributed by atoms with van der Waals surface area (Å²) in [6.07, 6.45) is 1.14. The van der Waals surface area contributed by atoms with Crippen LogP contribution >= 0.6 is 0 Å². The average molecular weight is 417 g/mol. The molecule has 2 aromatic carbocycles. The molecule has 2 amide bonds. The summed E-state index contributed by atoms with van der Waals surface area (Å²) < 4.78 is 0. The molecule has 4 heteroatoms. The van der Waals surface area contributed by atoms with Crippen LogP contribution in [-0.4, -0.2) is 29.8 Å². The smallest absolute Gasteiger partial charge is 0.282 e. The molecule has 0 radical (unpaired) electrons. The molecule has 0 aliphatic carbocycles. The van der Waals surface area contributed by atoms with Gasteiger partial charge in [-0.1, -0.05) is 38.1 Å². The van der Waals surface area contributed by atoms with Gasteiger partial charge in [-0.2, -0.15) is 0 Å². The number of rotatable bonds is 3. The standard InChI is InChI=1S/C27H32N2O2/c1-16-9-17(2)12-23(11-16)29-26(30)24(22-8-7-20(5)21(6)13-22)25(27(29)31)28-14-18(3)10-19(4)15-28/h7-9,11-13,18-19H,10,14-15H2,1-6H3. The van der Waals surface area contributed by atoms with Gasteiger partial charge in [-0.15, -0.1) is 0 Å². The van der Waals surface area contributed by atoms with Crippen LogP contribution in [-0.2, 0) is 9.59 Å². The summed E-state index contributed by atoms with van der Waals surface area (Å²) in [6, 6.07) is 12.0. The van der Waals surface area contributed by atoms with E-state index in [1.165, 1.54) is 10.5 Å².